The zero-order valence-corrected chi connectivity index (χ0v) is 15.4. The van der Waals surface area contributed by atoms with Crippen LogP contribution in [0.25, 0.3) is 0 Å². The molecule has 1 atom stereocenters. The lowest BCUT2D eigenvalue weighted by molar-refractivity contribution is -0.141. The third-order valence-electron chi connectivity index (χ3n) is 5.01. The minimum Gasteiger partial charge on any atom is -0.481 e. The second-order valence-electron chi connectivity index (χ2n) is 6.85. The Morgan fingerprint density at radius 3 is 2.56 bits per heavy atom. The first-order chi connectivity index (χ1) is 12.9. The van der Waals surface area contributed by atoms with Crippen LogP contribution in [-0.4, -0.2) is 40.9 Å². The number of carboxylic acids is 1. The lowest BCUT2D eigenvalue weighted by Gasteiger charge is -2.32. The maximum absolute atomic E-state index is 12.6. The second kappa shape index (κ2) is 7.61. The van der Waals surface area contributed by atoms with Crippen LogP contribution < -0.4 is 5.32 Å². The first kappa shape index (κ1) is 18.6. The van der Waals surface area contributed by atoms with E-state index < -0.39 is 11.9 Å². The molecule has 140 valence electrons. The van der Waals surface area contributed by atoms with Gasteiger partial charge in [-0.05, 0) is 48.2 Å². The van der Waals surface area contributed by atoms with Crippen LogP contribution in [0.15, 0.2) is 42.5 Å². The first-order valence-corrected chi connectivity index (χ1v) is 8.80. The number of fused-ring (bicyclic) bond motifs is 1. The Morgan fingerprint density at radius 2 is 1.85 bits per heavy atom. The van der Waals surface area contributed by atoms with E-state index in [0.29, 0.717) is 12.1 Å². The Kier molecular flexibility index (Phi) is 5.26. The third-order valence-corrected chi connectivity index (χ3v) is 5.01. The van der Waals surface area contributed by atoms with Crippen molar-refractivity contribution in [3.8, 4) is 0 Å². The van der Waals surface area contributed by atoms with Gasteiger partial charge in [0, 0.05) is 18.7 Å². The molecule has 3 rings (SSSR count). The van der Waals surface area contributed by atoms with Gasteiger partial charge in [-0.15, -0.1) is 0 Å². The number of amides is 2. The summed E-state index contributed by atoms with van der Waals surface area (Å²) in [7, 11) is 0. The molecular formula is C21H22N2O4. The highest BCUT2D eigenvalue weighted by Gasteiger charge is 2.32. The van der Waals surface area contributed by atoms with E-state index >= 15 is 0 Å². The number of rotatable bonds is 4. The van der Waals surface area contributed by atoms with Crippen molar-refractivity contribution in [3.63, 3.8) is 0 Å². The van der Waals surface area contributed by atoms with Gasteiger partial charge in [-0.1, -0.05) is 30.3 Å². The summed E-state index contributed by atoms with van der Waals surface area (Å²) in [6.45, 7) is 4.17. The van der Waals surface area contributed by atoms with Gasteiger partial charge in [-0.2, -0.15) is 0 Å². The summed E-state index contributed by atoms with van der Waals surface area (Å²) in [6, 6.07) is 12.6. The Bertz CT molecular complexity index is 907. The Labute approximate surface area is 157 Å². The van der Waals surface area contributed by atoms with E-state index in [1.165, 1.54) is 4.90 Å². The predicted octanol–water partition coefficient (Wildman–Crippen LogP) is 2.24. The van der Waals surface area contributed by atoms with Gasteiger partial charge in [0.25, 0.3) is 5.91 Å². The van der Waals surface area contributed by atoms with Crippen molar-refractivity contribution in [2.75, 3.05) is 13.1 Å². The number of nitrogens with one attached hydrogen (secondary N) is 1. The fraction of sp³-hybridized carbons (Fsp3) is 0.286. The third kappa shape index (κ3) is 4.00. The molecule has 0 spiro atoms. The van der Waals surface area contributed by atoms with E-state index in [1.54, 1.807) is 24.3 Å². The molecule has 1 aliphatic heterocycles. The van der Waals surface area contributed by atoms with Crippen molar-refractivity contribution in [1.82, 2.24) is 10.2 Å². The molecule has 0 aromatic heterocycles. The minimum absolute atomic E-state index is 0.102. The maximum atomic E-state index is 12.6. The van der Waals surface area contributed by atoms with Crippen molar-refractivity contribution in [3.05, 3.63) is 70.3 Å². The van der Waals surface area contributed by atoms with Crippen LogP contribution >= 0.6 is 0 Å². The molecule has 27 heavy (non-hydrogen) atoms. The van der Waals surface area contributed by atoms with Crippen LogP contribution in [-0.2, 0) is 16.1 Å². The lowest BCUT2D eigenvalue weighted by Crippen LogP contribution is -2.45. The maximum Gasteiger partial charge on any atom is 0.312 e. The molecule has 0 bridgehead atoms. The van der Waals surface area contributed by atoms with Crippen molar-refractivity contribution in [2.24, 2.45) is 0 Å². The fourth-order valence-electron chi connectivity index (χ4n) is 3.26. The molecule has 2 N–H and O–H groups in total. The van der Waals surface area contributed by atoms with Crippen molar-refractivity contribution >= 4 is 17.8 Å². The largest absolute Gasteiger partial charge is 0.481 e. The van der Waals surface area contributed by atoms with Crippen LogP contribution in [0.4, 0.5) is 0 Å². The van der Waals surface area contributed by atoms with Gasteiger partial charge < -0.3 is 15.3 Å². The topological polar surface area (TPSA) is 86.7 Å². The summed E-state index contributed by atoms with van der Waals surface area (Å²) >= 11 is 0. The number of hydrogen-bond acceptors (Lipinski definition) is 3. The molecule has 0 aliphatic carbocycles. The minimum atomic E-state index is -0.959. The quantitative estimate of drug-likeness (QED) is 0.869. The van der Waals surface area contributed by atoms with E-state index in [0.717, 1.165) is 22.3 Å². The molecule has 0 saturated carbocycles. The highest BCUT2D eigenvalue weighted by Crippen LogP contribution is 2.28. The Hall–Kier alpha value is -3.15. The zero-order valence-electron chi connectivity index (χ0n) is 15.4. The summed E-state index contributed by atoms with van der Waals surface area (Å²) < 4.78 is 0. The number of carbonyl (C=O) groups is 3. The fourth-order valence-corrected chi connectivity index (χ4v) is 3.26. The van der Waals surface area contributed by atoms with Crippen molar-refractivity contribution < 1.29 is 19.5 Å². The zero-order chi connectivity index (χ0) is 19.6. The van der Waals surface area contributed by atoms with Gasteiger partial charge in [0.05, 0.1) is 12.5 Å². The summed E-state index contributed by atoms with van der Waals surface area (Å²) in [4.78, 5) is 37.9. The summed E-state index contributed by atoms with van der Waals surface area (Å²) in [5.41, 5.74) is 4.16. The van der Waals surface area contributed by atoms with Crippen LogP contribution in [0.3, 0.4) is 0 Å². The SMILES string of the molecule is Cc1ccc(C(=O)NCC(=O)N2Cc3ccccc3C(C(=O)O)C2)cc1C. The Balaban J connectivity index is 1.67. The Morgan fingerprint density at radius 1 is 1.11 bits per heavy atom. The molecular weight excluding hydrogens is 344 g/mol. The summed E-state index contributed by atoms with van der Waals surface area (Å²) in [5.74, 6) is -2.33. The second-order valence-corrected chi connectivity index (χ2v) is 6.85. The number of carboxylic acid groups (broad SMARTS) is 1. The molecule has 0 saturated heterocycles. The first-order valence-electron chi connectivity index (χ1n) is 8.80. The molecule has 6 nitrogen and oxygen atoms in total. The van der Waals surface area contributed by atoms with E-state index in [2.05, 4.69) is 5.32 Å². The summed E-state index contributed by atoms with van der Waals surface area (Å²) in [5, 5.41) is 12.1. The van der Waals surface area contributed by atoms with Crippen molar-refractivity contribution in [1.29, 1.82) is 0 Å². The average Bonchev–Trinajstić information content (AvgIpc) is 2.66. The molecule has 2 amide bonds. The summed E-state index contributed by atoms with van der Waals surface area (Å²) in [6.07, 6.45) is 0. The van der Waals surface area contributed by atoms with Gasteiger partial charge in [0.15, 0.2) is 0 Å². The standard InChI is InChI=1S/C21H22N2O4/c1-13-7-8-15(9-14(13)2)20(25)22-10-19(24)23-11-16-5-3-4-6-17(16)18(12-23)21(26)27/h3-9,18H,10-12H2,1-2H3,(H,22,25)(H,26,27). The molecule has 6 heteroatoms. The molecule has 2 aromatic rings. The monoisotopic (exact) mass is 366 g/mol. The number of nitrogens with zero attached hydrogens (tertiary/aromatic N) is 1. The highest BCUT2D eigenvalue weighted by atomic mass is 16.4. The molecule has 1 heterocycles. The van der Waals surface area contributed by atoms with Crippen LogP contribution in [0.2, 0.25) is 0 Å². The van der Waals surface area contributed by atoms with Crippen LogP contribution in [0.1, 0.15) is 38.5 Å². The van der Waals surface area contributed by atoms with E-state index in [1.807, 2.05) is 32.0 Å². The van der Waals surface area contributed by atoms with Gasteiger partial charge in [-0.3, -0.25) is 14.4 Å². The number of hydrogen-bond donors (Lipinski definition) is 2. The molecule has 1 unspecified atom stereocenters. The van der Waals surface area contributed by atoms with Gasteiger partial charge in [-0.25, -0.2) is 0 Å². The number of aryl methyl sites for hydroxylation is 2. The molecule has 2 aromatic carbocycles. The number of carbonyl (C=O) groups excluding carboxylic acids is 2. The highest BCUT2D eigenvalue weighted by molar-refractivity contribution is 5.96. The van der Waals surface area contributed by atoms with E-state index in [9.17, 15) is 19.5 Å². The van der Waals surface area contributed by atoms with E-state index in [-0.39, 0.29) is 24.9 Å². The number of aliphatic carboxylic acids is 1. The van der Waals surface area contributed by atoms with E-state index in [4.69, 9.17) is 0 Å². The van der Waals surface area contributed by atoms with Gasteiger partial charge >= 0.3 is 5.97 Å². The lowest BCUT2D eigenvalue weighted by atomic mass is 9.90. The normalized spacial score (nSPS) is 15.8. The molecule has 1 aliphatic rings. The van der Waals surface area contributed by atoms with Crippen molar-refractivity contribution in [2.45, 2.75) is 26.3 Å². The smallest absolute Gasteiger partial charge is 0.312 e. The van der Waals surface area contributed by atoms with Crippen LogP contribution in [0.5, 0.6) is 0 Å². The predicted molar refractivity (Wildman–Crippen MR) is 100 cm³/mol. The van der Waals surface area contributed by atoms with Gasteiger partial charge in [0.2, 0.25) is 5.91 Å². The van der Waals surface area contributed by atoms with Gasteiger partial charge in [0.1, 0.15) is 0 Å². The molecule has 0 radical (unpaired) electrons. The molecule has 0 fully saturated rings. The van der Waals surface area contributed by atoms with Crippen LogP contribution in [0, 0.1) is 13.8 Å². The number of benzene rings is 2. The average molecular weight is 366 g/mol.